The zero-order chi connectivity index (χ0) is 17.2. The van der Waals surface area contributed by atoms with E-state index in [1.54, 1.807) is 6.07 Å². The van der Waals surface area contributed by atoms with Crippen molar-refractivity contribution in [3.63, 3.8) is 0 Å². The van der Waals surface area contributed by atoms with Crippen LogP contribution in [0.25, 0.3) is 22.3 Å². The zero-order valence-corrected chi connectivity index (χ0v) is 13.7. The molecule has 4 heteroatoms. The van der Waals surface area contributed by atoms with Gasteiger partial charge in [-0.25, -0.2) is 14.4 Å². The number of para-hydroxylation sites is 1. The van der Waals surface area contributed by atoms with Crippen LogP contribution in [-0.4, -0.2) is 9.97 Å². The number of fused-ring (bicyclic) bond motifs is 1. The molecule has 4 aromatic rings. The lowest BCUT2D eigenvalue weighted by Crippen LogP contribution is -1.99. The molecule has 4 rings (SSSR count). The first-order valence-electron chi connectivity index (χ1n) is 8.05. The van der Waals surface area contributed by atoms with Crippen LogP contribution in [0.5, 0.6) is 0 Å². The molecule has 0 saturated heterocycles. The molecular formula is C21H16FN3. The molecule has 0 spiro atoms. The summed E-state index contributed by atoms with van der Waals surface area (Å²) in [6, 6.07) is 22.2. The maximum absolute atomic E-state index is 13.5. The Balaban J connectivity index is 1.87. The predicted octanol–water partition coefficient (Wildman–Crippen LogP) is 5.49. The highest BCUT2D eigenvalue weighted by atomic mass is 19.1. The molecule has 0 amide bonds. The molecule has 3 aromatic carbocycles. The van der Waals surface area contributed by atoms with Crippen molar-refractivity contribution in [2.24, 2.45) is 0 Å². The van der Waals surface area contributed by atoms with Gasteiger partial charge in [0.25, 0.3) is 0 Å². The van der Waals surface area contributed by atoms with Gasteiger partial charge >= 0.3 is 0 Å². The maximum atomic E-state index is 13.5. The van der Waals surface area contributed by atoms with Gasteiger partial charge in [0.2, 0.25) is 0 Å². The van der Waals surface area contributed by atoms with Crippen LogP contribution in [0.1, 0.15) is 5.56 Å². The topological polar surface area (TPSA) is 37.8 Å². The Morgan fingerprint density at radius 2 is 1.68 bits per heavy atom. The number of nitrogens with zero attached hydrogens (tertiary/aromatic N) is 2. The lowest BCUT2D eigenvalue weighted by Gasteiger charge is -2.11. The second-order valence-corrected chi connectivity index (χ2v) is 5.92. The fourth-order valence-corrected chi connectivity index (χ4v) is 2.79. The van der Waals surface area contributed by atoms with Gasteiger partial charge in [0.15, 0.2) is 5.82 Å². The number of rotatable bonds is 3. The second-order valence-electron chi connectivity index (χ2n) is 5.92. The smallest absolute Gasteiger partial charge is 0.162 e. The molecule has 0 atom stereocenters. The van der Waals surface area contributed by atoms with Crippen molar-refractivity contribution in [2.75, 3.05) is 5.32 Å². The summed E-state index contributed by atoms with van der Waals surface area (Å²) < 4.78 is 13.5. The Morgan fingerprint density at radius 1 is 0.840 bits per heavy atom. The van der Waals surface area contributed by atoms with E-state index < -0.39 is 0 Å². The summed E-state index contributed by atoms with van der Waals surface area (Å²) in [6.07, 6.45) is 0. The summed E-state index contributed by atoms with van der Waals surface area (Å²) in [7, 11) is 0. The zero-order valence-electron chi connectivity index (χ0n) is 13.7. The third-order valence-corrected chi connectivity index (χ3v) is 3.97. The molecule has 0 aliphatic carbocycles. The first-order chi connectivity index (χ1) is 12.2. The van der Waals surface area contributed by atoms with E-state index in [0.717, 1.165) is 22.0 Å². The van der Waals surface area contributed by atoms with Gasteiger partial charge in [-0.1, -0.05) is 42.0 Å². The number of benzene rings is 3. The van der Waals surface area contributed by atoms with Crippen LogP contribution in [0, 0.1) is 12.7 Å². The van der Waals surface area contributed by atoms with E-state index in [1.807, 2.05) is 55.5 Å². The molecule has 3 nitrogen and oxygen atoms in total. The summed E-state index contributed by atoms with van der Waals surface area (Å²) in [4.78, 5) is 9.37. The first-order valence-corrected chi connectivity index (χ1v) is 8.05. The van der Waals surface area contributed by atoms with Crippen LogP contribution in [0.15, 0.2) is 72.8 Å². The molecule has 1 N–H and O–H groups in total. The van der Waals surface area contributed by atoms with Crippen molar-refractivity contribution in [1.29, 1.82) is 0 Å². The molecule has 0 bridgehead atoms. The van der Waals surface area contributed by atoms with Gasteiger partial charge in [-0.3, -0.25) is 0 Å². The standard InChI is InChI=1S/C21H16FN3/c1-14-6-4-7-15(12-14)20-24-19-11-3-2-10-18(19)21(25-20)23-17-9-5-8-16(22)13-17/h2-13H,1H3,(H,23,24,25). The number of hydrogen-bond donors (Lipinski definition) is 1. The monoisotopic (exact) mass is 329 g/mol. The summed E-state index contributed by atoms with van der Waals surface area (Å²) in [5.41, 5.74) is 3.59. The Morgan fingerprint density at radius 3 is 2.52 bits per heavy atom. The summed E-state index contributed by atoms with van der Waals surface area (Å²) in [5.74, 6) is 1.01. The van der Waals surface area contributed by atoms with Crippen LogP contribution in [-0.2, 0) is 0 Å². The second kappa shape index (κ2) is 6.32. The summed E-state index contributed by atoms with van der Waals surface area (Å²) in [6.45, 7) is 2.04. The van der Waals surface area contributed by atoms with Crippen molar-refractivity contribution in [3.05, 3.63) is 84.2 Å². The summed E-state index contributed by atoms with van der Waals surface area (Å²) >= 11 is 0. The third kappa shape index (κ3) is 3.19. The minimum Gasteiger partial charge on any atom is -0.340 e. The number of halogens is 1. The van der Waals surface area contributed by atoms with Crippen molar-refractivity contribution < 1.29 is 4.39 Å². The molecule has 1 aromatic heterocycles. The Hall–Kier alpha value is -3.27. The molecule has 1 heterocycles. The van der Waals surface area contributed by atoms with Gasteiger partial charge in [-0.05, 0) is 43.3 Å². The Bertz CT molecular complexity index is 1060. The number of nitrogens with one attached hydrogen (secondary N) is 1. The van der Waals surface area contributed by atoms with Crippen LogP contribution in [0.3, 0.4) is 0 Å². The van der Waals surface area contributed by atoms with Gasteiger partial charge in [0.05, 0.1) is 5.52 Å². The number of hydrogen-bond acceptors (Lipinski definition) is 3. The van der Waals surface area contributed by atoms with Crippen LogP contribution < -0.4 is 5.32 Å². The normalized spacial score (nSPS) is 10.8. The molecule has 0 aliphatic rings. The van der Waals surface area contributed by atoms with Gasteiger partial charge in [0, 0.05) is 16.6 Å². The van der Waals surface area contributed by atoms with Crippen molar-refractivity contribution in [2.45, 2.75) is 6.92 Å². The lowest BCUT2D eigenvalue weighted by molar-refractivity contribution is 0.628. The fourth-order valence-electron chi connectivity index (χ4n) is 2.79. The number of aryl methyl sites for hydroxylation is 1. The molecule has 25 heavy (non-hydrogen) atoms. The van der Waals surface area contributed by atoms with E-state index in [4.69, 9.17) is 4.98 Å². The minimum absolute atomic E-state index is 0.290. The van der Waals surface area contributed by atoms with Crippen LogP contribution in [0.4, 0.5) is 15.9 Å². The maximum Gasteiger partial charge on any atom is 0.162 e. The van der Waals surface area contributed by atoms with Gasteiger partial charge in [-0.2, -0.15) is 0 Å². The van der Waals surface area contributed by atoms with Gasteiger partial charge < -0.3 is 5.32 Å². The van der Waals surface area contributed by atoms with E-state index >= 15 is 0 Å². The highest BCUT2D eigenvalue weighted by molar-refractivity contribution is 5.92. The Kier molecular flexibility index (Phi) is 3.86. The van der Waals surface area contributed by atoms with Crippen molar-refractivity contribution in [1.82, 2.24) is 9.97 Å². The molecule has 0 aliphatic heterocycles. The van der Waals surface area contributed by atoms with E-state index in [9.17, 15) is 4.39 Å². The average Bonchev–Trinajstić information content (AvgIpc) is 2.62. The van der Waals surface area contributed by atoms with E-state index in [1.165, 1.54) is 12.1 Å². The quantitative estimate of drug-likeness (QED) is 0.540. The van der Waals surface area contributed by atoms with E-state index in [2.05, 4.69) is 16.4 Å². The molecule has 0 unspecified atom stereocenters. The van der Waals surface area contributed by atoms with Crippen molar-refractivity contribution in [3.8, 4) is 11.4 Å². The van der Waals surface area contributed by atoms with Crippen molar-refractivity contribution >= 4 is 22.4 Å². The SMILES string of the molecule is Cc1cccc(-c2nc(Nc3cccc(F)c3)c3ccccc3n2)c1. The number of aromatic nitrogens is 2. The van der Waals surface area contributed by atoms with Gasteiger partial charge in [-0.15, -0.1) is 0 Å². The first kappa shape index (κ1) is 15.3. The fraction of sp³-hybridized carbons (Fsp3) is 0.0476. The molecule has 0 radical (unpaired) electrons. The average molecular weight is 329 g/mol. The predicted molar refractivity (Wildman–Crippen MR) is 99.4 cm³/mol. The van der Waals surface area contributed by atoms with Crippen LogP contribution in [0.2, 0.25) is 0 Å². The highest BCUT2D eigenvalue weighted by Gasteiger charge is 2.10. The lowest BCUT2D eigenvalue weighted by atomic mass is 10.1. The number of anilines is 2. The van der Waals surface area contributed by atoms with Gasteiger partial charge in [0.1, 0.15) is 11.6 Å². The minimum atomic E-state index is -0.290. The molecule has 122 valence electrons. The molecule has 0 saturated carbocycles. The Labute approximate surface area is 145 Å². The van der Waals surface area contributed by atoms with E-state index in [-0.39, 0.29) is 5.82 Å². The highest BCUT2D eigenvalue weighted by Crippen LogP contribution is 2.27. The third-order valence-electron chi connectivity index (χ3n) is 3.97. The van der Waals surface area contributed by atoms with E-state index in [0.29, 0.717) is 17.3 Å². The van der Waals surface area contributed by atoms with Crippen LogP contribution >= 0.6 is 0 Å². The largest absolute Gasteiger partial charge is 0.340 e. The molecule has 0 fully saturated rings. The molecular weight excluding hydrogens is 313 g/mol. The summed E-state index contributed by atoms with van der Waals surface area (Å²) in [5, 5.41) is 4.11.